The van der Waals surface area contributed by atoms with Gasteiger partial charge in [0, 0.05) is 18.9 Å². The summed E-state index contributed by atoms with van der Waals surface area (Å²) in [5.41, 5.74) is 0.840. The zero-order valence-corrected chi connectivity index (χ0v) is 10.0. The van der Waals surface area contributed by atoms with E-state index in [1.54, 1.807) is 12.1 Å². The third-order valence-corrected chi connectivity index (χ3v) is 3.09. The van der Waals surface area contributed by atoms with Crippen LogP contribution in [-0.2, 0) is 11.2 Å². The molecule has 1 atom stereocenters. The molecular weight excluding hydrogens is 216 g/mol. The third-order valence-electron chi connectivity index (χ3n) is 3.09. The molecule has 0 aliphatic carbocycles. The van der Waals surface area contributed by atoms with Crippen LogP contribution in [0.4, 0.5) is 0 Å². The molecule has 1 heterocycles. The standard InChI is InChI=1S/C14H18O3/c1-2-12-7-8-13(17-12)6-4-10-3-5-11(15)9-14(10)16/h3,5,8-9,12,15-16H,2,4,6-7H2,1H3. The Morgan fingerprint density at radius 1 is 1.29 bits per heavy atom. The van der Waals surface area contributed by atoms with Crippen molar-refractivity contribution in [3.05, 3.63) is 35.6 Å². The molecule has 0 radical (unpaired) electrons. The molecule has 3 nitrogen and oxygen atoms in total. The summed E-state index contributed by atoms with van der Waals surface area (Å²) in [4.78, 5) is 0. The summed E-state index contributed by atoms with van der Waals surface area (Å²) in [6.45, 7) is 2.12. The van der Waals surface area contributed by atoms with Crippen molar-refractivity contribution in [2.45, 2.75) is 38.7 Å². The highest BCUT2D eigenvalue weighted by Gasteiger charge is 2.16. The number of hydrogen-bond acceptors (Lipinski definition) is 3. The van der Waals surface area contributed by atoms with Crippen molar-refractivity contribution >= 4 is 0 Å². The Labute approximate surface area is 101 Å². The first kappa shape index (κ1) is 11.8. The Bertz CT molecular complexity index is 423. The number of hydrogen-bond donors (Lipinski definition) is 2. The maximum atomic E-state index is 9.64. The minimum atomic E-state index is 0.0913. The maximum Gasteiger partial charge on any atom is 0.122 e. The summed E-state index contributed by atoms with van der Waals surface area (Å²) >= 11 is 0. The van der Waals surface area contributed by atoms with Crippen LogP contribution in [0.3, 0.4) is 0 Å². The van der Waals surface area contributed by atoms with Crippen LogP contribution in [0.1, 0.15) is 31.7 Å². The predicted molar refractivity (Wildman–Crippen MR) is 66.0 cm³/mol. The molecule has 0 saturated carbocycles. The van der Waals surface area contributed by atoms with Crippen LogP contribution >= 0.6 is 0 Å². The Kier molecular flexibility index (Phi) is 3.57. The lowest BCUT2D eigenvalue weighted by Crippen LogP contribution is -2.03. The molecule has 1 unspecified atom stereocenters. The van der Waals surface area contributed by atoms with E-state index in [-0.39, 0.29) is 11.5 Å². The largest absolute Gasteiger partial charge is 0.508 e. The van der Waals surface area contributed by atoms with E-state index < -0.39 is 0 Å². The van der Waals surface area contributed by atoms with Gasteiger partial charge in [0.05, 0.1) is 5.76 Å². The zero-order chi connectivity index (χ0) is 12.3. The van der Waals surface area contributed by atoms with Crippen LogP contribution in [0.15, 0.2) is 30.0 Å². The van der Waals surface area contributed by atoms with Gasteiger partial charge in [-0.15, -0.1) is 0 Å². The maximum absolute atomic E-state index is 9.64. The van der Waals surface area contributed by atoms with E-state index in [9.17, 15) is 10.2 Å². The summed E-state index contributed by atoms with van der Waals surface area (Å²) in [6, 6.07) is 4.71. The van der Waals surface area contributed by atoms with Crippen LogP contribution in [0, 0.1) is 0 Å². The van der Waals surface area contributed by atoms with Gasteiger partial charge in [0.25, 0.3) is 0 Å². The second-order valence-electron chi connectivity index (χ2n) is 4.37. The monoisotopic (exact) mass is 234 g/mol. The molecule has 0 spiro atoms. The molecule has 2 rings (SSSR count). The Hall–Kier alpha value is -1.64. The van der Waals surface area contributed by atoms with Gasteiger partial charge in [-0.3, -0.25) is 0 Å². The lowest BCUT2D eigenvalue weighted by Gasteiger charge is -2.11. The Balaban J connectivity index is 1.90. The molecule has 0 saturated heterocycles. The van der Waals surface area contributed by atoms with Gasteiger partial charge in [-0.2, -0.15) is 0 Å². The average molecular weight is 234 g/mol. The van der Waals surface area contributed by atoms with Crippen molar-refractivity contribution in [1.82, 2.24) is 0 Å². The van der Waals surface area contributed by atoms with Crippen LogP contribution in [-0.4, -0.2) is 16.3 Å². The summed E-state index contributed by atoms with van der Waals surface area (Å²) in [5, 5.41) is 18.8. The third kappa shape index (κ3) is 2.93. The number of aromatic hydroxyl groups is 2. The van der Waals surface area contributed by atoms with Crippen LogP contribution in [0.25, 0.3) is 0 Å². The van der Waals surface area contributed by atoms with Gasteiger partial charge in [0.15, 0.2) is 0 Å². The lowest BCUT2D eigenvalue weighted by atomic mass is 10.1. The summed E-state index contributed by atoms with van der Waals surface area (Å²) in [6.07, 6.45) is 6.02. The van der Waals surface area contributed by atoms with Crippen molar-refractivity contribution in [3.8, 4) is 11.5 Å². The molecule has 0 fully saturated rings. The normalized spacial score (nSPS) is 18.9. The molecule has 0 bridgehead atoms. The molecule has 17 heavy (non-hydrogen) atoms. The molecule has 1 aromatic carbocycles. The number of ether oxygens (including phenoxy) is 1. The molecule has 1 aliphatic heterocycles. The van der Waals surface area contributed by atoms with Gasteiger partial charge >= 0.3 is 0 Å². The van der Waals surface area contributed by atoms with Crippen molar-refractivity contribution < 1.29 is 14.9 Å². The first-order chi connectivity index (χ1) is 8.19. The molecule has 1 aromatic rings. The second kappa shape index (κ2) is 5.13. The van der Waals surface area contributed by atoms with Crippen molar-refractivity contribution in [2.75, 3.05) is 0 Å². The van der Waals surface area contributed by atoms with Crippen molar-refractivity contribution in [2.24, 2.45) is 0 Å². The molecule has 0 aromatic heterocycles. The Morgan fingerprint density at radius 2 is 2.12 bits per heavy atom. The summed E-state index contributed by atoms with van der Waals surface area (Å²) in [5.74, 6) is 1.26. The van der Waals surface area contributed by atoms with Crippen molar-refractivity contribution in [1.29, 1.82) is 0 Å². The van der Waals surface area contributed by atoms with Gasteiger partial charge in [-0.25, -0.2) is 0 Å². The van der Waals surface area contributed by atoms with Gasteiger partial charge in [-0.1, -0.05) is 13.0 Å². The van der Waals surface area contributed by atoms with E-state index in [1.165, 1.54) is 6.07 Å². The van der Waals surface area contributed by atoms with Gasteiger partial charge in [0.2, 0.25) is 0 Å². The second-order valence-corrected chi connectivity index (χ2v) is 4.37. The first-order valence-corrected chi connectivity index (χ1v) is 6.05. The molecule has 1 aliphatic rings. The first-order valence-electron chi connectivity index (χ1n) is 6.05. The van der Waals surface area contributed by atoms with E-state index >= 15 is 0 Å². The topological polar surface area (TPSA) is 49.7 Å². The minimum absolute atomic E-state index is 0.0913. The number of allylic oxidation sites excluding steroid dienone is 1. The fraction of sp³-hybridized carbons (Fsp3) is 0.429. The van der Waals surface area contributed by atoms with Crippen LogP contribution in [0.5, 0.6) is 11.5 Å². The molecule has 3 heteroatoms. The number of phenols is 2. The fourth-order valence-corrected chi connectivity index (χ4v) is 2.01. The fourth-order valence-electron chi connectivity index (χ4n) is 2.01. The van der Waals surface area contributed by atoms with Crippen LogP contribution in [0.2, 0.25) is 0 Å². The summed E-state index contributed by atoms with van der Waals surface area (Å²) < 4.78 is 5.73. The van der Waals surface area contributed by atoms with E-state index in [2.05, 4.69) is 13.0 Å². The summed E-state index contributed by atoms with van der Waals surface area (Å²) in [7, 11) is 0. The molecule has 2 N–H and O–H groups in total. The highest BCUT2D eigenvalue weighted by atomic mass is 16.5. The SMILES string of the molecule is CCC1CC=C(CCc2ccc(O)cc2O)O1. The molecule has 0 amide bonds. The number of aryl methyl sites for hydroxylation is 1. The number of phenolic OH excluding ortho intramolecular Hbond substituents is 2. The van der Waals surface area contributed by atoms with Gasteiger partial charge in [0.1, 0.15) is 17.6 Å². The quantitative estimate of drug-likeness (QED) is 0.841. The number of benzene rings is 1. The minimum Gasteiger partial charge on any atom is -0.508 e. The molecule has 92 valence electrons. The van der Waals surface area contributed by atoms with Crippen LogP contribution < -0.4 is 0 Å². The highest BCUT2D eigenvalue weighted by Crippen LogP contribution is 2.27. The predicted octanol–water partition coefficient (Wildman–Crippen LogP) is 3.11. The lowest BCUT2D eigenvalue weighted by molar-refractivity contribution is 0.133. The Morgan fingerprint density at radius 3 is 2.76 bits per heavy atom. The smallest absolute Gasteiger partial charge is 0.122 e. The van der Waals surface area contributed by atoms with E-state index in [1.807, 2.05) is 0 Å². The van der Waals surface area contributed by atoms with Crippen molar-refractivity contribution in [3.63, 3.8) is 0 Å². The van der Waals surface area contributed by atoms with E-state index in [4.69, 9.17) is 4.74 Å². The van der Waals surface area contributed by atoms with E-state index in [0.717, 1.165) is 37.0 Å². The van der Waals surface area contributed by atoms with E-state index in [0.29, 0.717) is 6.10 Å². The zero-order valence-electron chi connectivity index (χ0n) is 10.0. The van der Waals surface area contributed by atoms with Gasteiger partial charge in [-0.05, 0) is 30.5 Å². The van der Waals surface area contributed by atoms with Gasteiger partial charge < -0.3 is 14.9 Å². The molecular formula is C14H18O3. The number of rotatable bonds is 4. The highest BCUT2D eigenvalue weighted by molar-refractivity contribution is 5.39. The average Bonchev–Trinajstić information content (AvgIpc) is 2.76.